The van der Waals surface area contributed by atoms with Crippen molar-refractivity contribution >= 4 is 11.6 Å². The summed E-state index contributed by atoms with van der Waals surface area (Å²) in [6.45, 7) is 3.93. The Bertz CT molecular complexity index is 416. The van der Waals surface area contributed by atoms with Crippen LogP contribution >= 0.6 is 0 Å². The van der Waals surface area contributed by atoms with Crippen molar-refractivity contribution in [3.8, 4) is 0 Å². The van der Waals surface area contributed by atoms with Crippen molar-refractivity contribution in [3.05, 3.63) is 35.6 Å². The SMILES string of the molecule is CCCC/C(C)=N\NC(=O)c1ccccc1F. The first kappa shape index (κ1) is 13.4. The molecule has 0 bridgehead atoms. The zero-order chi connectivity index (χ0) is 12.7. The van der Waals surface area contributed by atoms with E-state index in [1.54, 1.807) is 12.1 Å². The number of carbonyl (C=O) groups is 1. The molecule has 17 heavy (non-hydrogen) atoms. The average Bonchev–Trinajstić information content (AvgIpc) is 2.34. The van der Waals surface area contributed by atoms with Crippen LogP contribution in [-0.2, 0) is 0 Å². The third-order valence-electron chi connectivity index (χ3n) is 2.36. The minimum Gasteiger partial charge on any atom is -0.267 e. The van der Waals surface area contributed by atoms with Gasteiger partial charge in [-0.3, -0.25) is 4.79 Å². The highest BCUT2D eigenvalue weighted by Crippen LogP contribution is 2.05. The lowest BCUT2D eigenvalue weighted by molar-refractivity contribution is 0.0950. The maximum absolute atomic E-state index is 13.3. The number of halogens is 1. The summed E-state index contributed by atoms with van der Waals surface area (Å²) in [7, 11) is 0. The third-order valence-corrected chi connectivity index (χ3v) is 2.36. The molecular formula is C13H17FN2O. The topological polar surface area (TPSA) is 41.5 Å². The molecule has 92 valence electrons. The zero-order valence-corrected chi connectivity index (χ0v) is 10.2. The molecule has 0 unspecified atom stereocenters. The Morgan fingerprint density at radius 3 is 2.76 bits per heavy atom. The van der Waals surface area contributed by atoms with Gasteiger partial charge < -0.3 is 0 Å². The number of nitrogens with zero attached hydrogens (tertiary/aromatic N) is 1. The van der Waals surface area contributed by atoms with Crippen molar-refractivity contribution in [2.24, 2.45) is 5.10 Å². The number of hydrazone groups is 1. The van der Waals surface area contributed by atoms with Crippen LogP contribution in [0, 0.1) is 5.82 Å². The van der Waals surface area contributed by atoms with E-state index in [0.29, 0.717) is 0 Å². The van der Waals surface area contributed by atoms with E-state index in [9.17, 15) is 9.18 Å². The predicted molar refractivity (Wildman–Crippen MR) is 66.5 cm³/mol. The fraction of sp³-hybridized carbons (Fsp3) is 0.385. The van der Waals surface area contributed by atoms with E-state index in [1.165, 1.54) is 12.1 Å². The monoisotopic (exact) mass is 236 g/mol. The van der Waals surface area contributed by atoms with Crippen molar-refractivity contribution < 1.29 is 9.18 Å². The maximum atomic E-state index is 13.3. The number of hydrogen-bond donors (Lipinski definition) is 1. The zero-order valence-electron chi connectivity index (χ0n) is 10.2. The fourth-order valence-corrected chi connectivity index (χ4v) is 1.34. The van der Waals surface area contributed by atoms with Gasteiger partial charge in [-0.05, 0) is 31.9 Å². The summed E-state index contributed by atoms with van der Waals surface area (Å²) in [5, 5.41) is 3.93. The average molecular weight is 236 g/mol. The van der Waals surface area contributed by atoms with Gasteiger partial charge in [0, 0.05) is 5.71 Å². The minimum atomic E-state index is -0.536. The van der Waals surface area contributed by atoms with Crippen LogP contribution in [0.25, 0.3) is 0 Å². The molecule has 3 nitrogen and oxygen atoms in total. The fourth-order valence-electron chi connectivity index (χ4n) is 1.34. The summed E-state index contributed by atoms with van der Waals surface area (Å²) >= 11 is 0. The second kappa shape index (κ2) is 6.78. The van der Waals surface area contributed by atoms with Crippen molar-refractivity contribution in [3.63, 3.8) is 0 Å². The van der Waals surface area contributed by atoms with Gasteiger partial charge in [-0.2, -0.15) is 5.10 Å². The maximum Gasteiger partial charge on any atom is 0.274 e. The minimum absolute atomic E-state index is 0.0135. The summed E-state index contributed by atoms with van der Waals surface area (Å²) in [4.78, 5) is 11.6. The molecule has 1 aromatic carbocycles. The van der Waals surface area contributed by atoms with Crippen molar-refractivity contribution in [1.29, 1.82) is 0 Å². The van der Waals surface area contributed by atoms with Crippen LogP contribution in [0.2, 0.25) is 0 Å². The summed E-state index contributed by atoms with van der Waals surface area (Å²) in [6, 6.07) is 5.84. The molecule has 0 radical (unpaired) electrons. The Labute approximate surface area is 101 Å². The van der Waals surface area contributed by atoms with Gasteiger partial charge in [0.05, 0.1) is 5.56 Å². The molecule has 1 aromatic rings. The molecule has 0 aliphatic rings. The number of carbonyl (C=O) groups excluding carboxylic acids is 1. The summed E-state index contributed by atoms with van der Waals surface area (Å²) in [5.74, 6) is -1.05. The lowest BCUT2D eigenvalue weighted by Crippen LogP contribution is -2.20. The van der Waals surface area contributed by atoms with Gasteiger partial charge in [0.15, 0.2) is 0 Å². The van der Waals surface area contributed by atoms with Gasteiger partial charge in [-0.15, -0.1) is 0 Å². The predicted octanol–water partition coefficient (Wildman–Crippen LogP) is 3.12. The Balaban J connectivity index is 2.58. The molecule has 0 saturated heterocycles. The van der Waals surface area contributed by atoms with E-state index in [2.05, 4.69) is 17.5 Å². The number of hydrogen-bond acceptors (Lipinski definition) is 2. The standard InChI is InChI=1S/C13H17FN2O/c1-3-4-7-10(2)15-16-13(17)11-8-5-6-9-12(11)14/h5-6,8-9H,3-4,7H2,1-2H3,(H,16,17)/b15-10-. The van der Waals surface area contributed by atoms with Crippen LogP contribution in [0.4, 0.5) is 4.39 Å². The number of benzene rings is 1. The molecule has 0 aliphatic carbocycles. The van der Waals surface area contributed by atoms with Crippen LogP contribution in [-0.4, -0.2) is 11.6 Å². The van der Waals surface area contributed by atoms with E-state index in [4.69, 9.17) is 0 Å². The van der Waals surface area contributed by atoms with Crippen molar-refractivity contribution in [2.75, 3.05) is 0 Å². The van der Waals surface area contributed by atoms with Gasteiger partial charge in [-0.1, -0.05) is 25.5 Å². The largest absolute Gasteiger partial charge is 0.274 e. The number of rotatable bonds is 5. The molecule has 0 aliphatic heterocycles. The van der Waals surface area contributed by atoms with Crippen LogP contribution in [0.15, 0.2) is 29.4 Å². The molecule has 0 heterocycles. The highest BCUT2D eigenvalue weighted by atomic mass is 19.1. The highest BCUT2D eigenvalue weighted by Gasteiger charge is 2.09. The van der Waals surface area contributed by atoms with Gasteiger partial charge in [0.2, 0.25) is 0 Å². The highest BCUT2D eigenvalue weighted by molar-refractivity contribution is 5.95. The third kappa shape index (κ3) is 4.34. The molecule has 0 fully saturated rings. The second-order valence-corrected chi connectivity index (χ2v) is 3.87. The Morgan fingerprint density at radius 1 is 1.41 bits per heavy atom. The molecule has 0 aromatic heterocycles. The summed E-state index contributed by atoms with van der Waals surface area (Å²) in [5.41, 5.74) is 3.21. The van der Waals surface area contributed by atoms with Crippen LogP contribution in [0.5, 0.6) is 0 Å². The van der Waals surface area contributed by atoms with Gasteiger partial charge >= 0.3 is 0 Å². The molecule has 4 heteroatoms. The first-order valence-electron chi connectivity index (χ1n) is 5.73. The van der Waals surface area contributed by atoms with Crippen LogP contribution < -0.4 is 5.43 Å². The van der Waals surface area contributed by atoms with E-state index >= 15 is 0 Å². The first-order chi connectivity index (χ1) is 8.15. The molecule has 1 rings (SSSR count). The molecule has 1 N–H and O–H groups in total. The lowest BCUT2D eigenvalue weighted by atomic mass is 10.2. The molecule has 0 atom stereocenters. The van der Waals surface area contributed by atoms with Crippen LogP contribution in [0.1, 0.15) is 43.5 Å². The van der Waals surface area contributed by atoms with E-state index in [1.807, 2.05) is 6.92 Å². The smallest absolute Gasteiger partial charge is 0.267 e. The van der Waals surface area contributed by atoms with Crippen molar-refractivity contribution in [2.45, 2.75) is 33.1 Å². The Kier molecular flexibility index (Phi) is 5.33. The number of nitrogens with one attached hydrogen (secondary N) is 1. The van der Waals surface area contributed by atoms with Crippen molar-refractivity contribution in [1.82, 2.24) is 5.43 Å². The second-order valence-electron chi connectivity index (χ2n) is 3.87. The number of unbranched alkanes of at least 4 members (excludes halogenated alkanes) is 1. The first-order valence-corrected chi connectivity index (χ1v) is 5.73. The summed E-state index contributed by atoms with van der Waals surface area (Å²) in [6.07, 6.45) is 2.95. The van der Waals surface area contributed by atoms with E-state index < -0.39 is 11.7 Å². The van der Waals surface area contributed by atoms with Crippen LogP contribution in [0.3, 0.4) is 0 Å². The van der Waals surface area contributed by atoms with Gasteiger partial charge in [-0.25, -0.2) is 9.82 Å². The molecular weight excluding hydrogens is 219 g/mol. The van der Waals surface area contributed by atoms with E-state index in [0.717, 1.165) is 25.0 Å². The molecule has 1 amide bonds. The molecule has 0 spiro atoms. The molecule has 0 saturated carbocycles. The Morgan fingerprint density at radius 2 is 2.12 bits per heavy atom. The van der Waals surface area contributed by atoms with Gasteiger partial charge in [0.1, 0.15) is 5.82 Å². The lowest BCUT2D eigenvalue weighted by Gasteiger charge is -2.03. The Hall–Kier alpha value is -1.71. The van der Waals surface area contributed by atoms with Gasteiger partial charge in [0.25, 0.3) is 5.91 Å². The quantitative estimate of drug-likeness (QED) is 0.619. The van der Waals surface area contributed by atoms with E-state index in [-0.39, 0.29) is 5.56 Å². The normalized spacial score (nSPS) is 11.4. The number of amides is 1. The summed E-state index contributed by atoms with van der Waals surface area (Å²) < 4.78 is 13.3.